The average Bonchev–Trinajstić information content (AvgIpc) is 3.21. The first-order chi connectivity index (χ1) is 14.8. The van der Waals surface area contributed by atoms with E-state index in [0.29, 0.717) is 24.9 Å². The number of hydrogen-bond acceptors (Lipinski definition) is 9. The molecule has 0 spiro atoms. The summed E-state index contributed by atoms with van der Waals surface area (Å²) in [6, 6.07) is 2.75. The van der Waals surface area contributed by atoms with Gasteiger partial charge in [0.1, 0.15) is 24.1 Å². The Bertz CT molecular complexity index is 828. The average molecular weight is 437 g/mol. The van der Waals surface area contributed by atoms with Crippen LogP contribution >= 0.6 is 0 Å². The number of aliphatic carboxylic acids is 1. The lowest BCUT2D eigenvalue weighted by atomic mass is 10.1. The maximum Gasteiger partial charge on any atom is 0.408 e. The van der Waals surface area contributed by atoms with Crippen molar-refractivity contribution in [3.8, 4) is 11.5 Å². The topological polar surface area (TPSA) is 171 Å². The Balaban J connectivity index is 1.83. The van der Waals surface area contributed by atoms with Crippen molar-refractivity contribution >= 4 is 23.9 Å². The van der Waals surface area contributed by atoms with E-state index in [9.17, 15) is 24.6 Å². The summed E-state index contributed by atoms with van der Waals surface area (Å²) < 4.78 is 10.3. The van der Waals surface area contributed by atoms with E-state index in [1.165, 1.54) is 18.2 Å². The summed E-state index contributed by atoms with van der Waals surface area (Å²) in [5, 5.41) is 29.9. The van der Waals surface area contributed by atoms with Crippen LogP contribution in [0.4, 0.5) is 4.79 Å². The molecular formula is C19H27N5O7. The van der Waals surface area contributed by atoms with E-state index < -0.39 is 36.7 Å². The number of carboxylic acid groups (broad SMARTS) is 1. The number of carboxylic acids is 1. The number of guanidine groups is 1. The molecule has 1 aliphatic heterocycles. The van der Waals surface area contributed by atoms with Gasteiger partial charge in [0.25, 0.3) is 5.91 Å². The van der Waals surface area contributed by atoms with E-state index in [1.807, 2.05) is 0 Å². The molecule has 0 bridgehead atoms. The highest BCUT2D eigenvalue weighted by Crippen LogP contribution is 2.23. The monoisotopic (exact) mass is 437 g/mol. The number of phenolic OH excluding ortho intramolecular Hbond substituents is 1. The molecule has 1 aliphatic rings. The highest BCUT2D eigenvalue weighted by molar-refractivity contribution is 5.97. The molecule has 0 saturated carbocycles. The predicted molar refractivity (Wildman–Crippen MR) is 110 cm³/mol. The molecule has 0 aromatic heterocycles. The van der Waals surface area contributed by atoms with E-state index >= 15 is 0 Å². The normalized spacial score (nSPS) is 13.6. The van der Waals surface area contributed by atoms with Gasteiger partial charge in [0.2, 0.25) is 0 Å². The maximum atomic E-state index is 12.3. The van der Waals surface area contributed by atoms with Crippen molar-refractivity contribution < 1.29 is 34.1 Å². The number of nitrogens with zero attached hydrogens (tertiary/aromatic N) is 1. The minimum atomic E-state index is -1.40. The van der Waals surface area contributed by atoms with Gasteiger partial charge < -0.3 is 41.0 Å². The number of carbonyl (C=O) groups is 3. The Kier molecular flexibility index (Phi) is 8.73. The van der Waals surface area contributed by atoms with Gasteiger partial charge in [-0.05, 0) is 26.0 Å². The molecule has 0 unspecified atom stereocenters. The van der Waals surface area contributed by atoms with Crippen molar-refractivity contribution in [2.75, 3.05) is 32.8 Å². The van der Waals surface area contributed by atoms with Gasteiger partial charge in [-0.25, -0.2) is 9.59 Å². The smallest absolute Gasteiger partial charge is 0.408 e. The lowest BCUT2D eigenvalue weighted by Gasteiger charge is -2.17. The summed E-state index contributed by atoms with van der Waals surface area (Å²) in [5.41, 5.74) is -0.0659. The van der Waals surface area contributed by atoms with Crippen LogP contribution in [0.25, 0.3) is 0 Å². The Hall–Kier alpha value is -3.70. The van der Waals surface area contributed by atoms with Crippen molar-refractivity contribution in [1.29, 1.82) is 0 Å². The number of phenols is 1. The highest BCUT2D eigenvalue weighted by Gasteiger charge is 2.23. The van der Waals surface area contributed by atoms with Gasteiger partial charge in [0.15, 0.2) is 5.96 Å². The number of carbonyl (C=O) groups excluding carboxylic acids is 2. The lowest BCUT2D eigenvalue weighted by Crippen LogP contribution is -2.48. The Morgan fingerprint density at radius 1 is 1.29 bits per heavy atom. The molecule has 1 atom stereocenters. The standard InChI is InChI=1S/C19H27N5O7/c1-11(2)31-19(29)24-14(17(27)28)10-23-16(26)13-4-3-12(9-15(13)25)30-8-7-22-18-20-5-6-21-18/h3-4,9,11,14,25H,5-8,10H2,1-2H3,(H,23,26)(H,24,29)(H,27,28)(H2,20,21,22)/t14-/m0/s1. The molecule has 12 nitrogen and oxygen atoms in total. The van der Waals surface area contributed by atoms with Crippen molar-refractivity contribution in [3.63, 3.8) is 0 Å². The zero-order chi connectivity index (χ0) is 22.8. The summed E-state index contributed by atoms with van der Waals surface area (Å²) in [6.45, 7) is 5.17. The van der Waals surface area contributed by atoms with E-state index in [2.05, 4.69) is 26.3 Å². The molecule has 0 fully saturated rings. The van der Waals surface area contributed by atoms with Crippen LogP contribution in [0.1, 0.15) is 24.2 Å². The minimum Gasteiger partial charge on any atom is -0.507 e. The number of ether oxygens (including phenoxy) is 2. The molecule has 2 rings (SSSR count). The Labute approximate surface area is 179 Å². The van der Waals surface area contributed by atoms with E-state index in [1.54, 1.807) is 13.8 Å². The van der Waals surface area contributed by atoms with Gasteiger partial charge in [-0.15, -0.1) is 0 Å². The molecule has 1 heterocycles. The number of alkyl carbamates (subject to hydrolysis) is 1. The molecule has 0 radical (unpaired) electrons. The van der Waals surface area contributed by atoms with Gasteiger partial charge in [0, 0.05) is 19.2 Å². The molecule has 0 aliphatic carbocycles. The van der Waals surface area contributed by atoms with Gasteiger partial charge >= 0.3 is 12.1 Å². The fourth-order valence-corrected chi connectivity index (χ4v) is 2.53. The summed E-state index contributed by atoms with van der Waals surface area (Å²) in [4.78, 5) is 39.3. The number of benzene rings is 1. The zero-order valence-corrected chi connectivity index (χ0v) is 17.3. The van der Waals surface area contributed by atoms with Crippen molar-refractivity contribution in [2.24, 2.45) is 4.99 Å². The van der Waals surface area contributed by atoms with Crippen LogP contribution in [-0.2, 0) is 9.53 Å². The maximum absolute atomic E-state index is 12.3. The van der Waals surface area contributed by atoms with Gasteiger partial charge in [0.05, 0.1) is 24.8 Å². The first-order valence-corrected chi connectivity index (χ1v) is 9.72. The predicted octanol–water partition coefficient (Wildman–Crippen LogP) is -0.363. The molecular weight excluding hydrogens is 410 g/mol. The van der Waals surface area contributed by atoms with Crippen molar-refractivity contribution in [2.45, 2.75) is 26.0 Å². The Morgan fingerprint density at radius 3 is 2.68 bits per heavy atom. The van der Waals surface area contributed by atoms with Gasteiger partial charge in [-0.2, -0.15) is 0 Å². The zero-order valence-electron chi connectivity index (χ0n) is 17.3. The second-order valence-electron chi connectivity index (χ2n) is 6.81. The van der Waals surface area contributed by atoms with Crippen LogP contribution < -0.4 is 26.0 Å². The fourth-order valence-electron chi connectivity index (χ4n) is 2.53. The number of aliphatic imine (C=N–C) groups is 1. The van der Waals surface area contributed by atoms with Crippen LogP contribution in [0.5, 0.6) is 11.5 Å². The molecule has 6 N–H and O–H groups in total. The van der Waals surface area contributed by atoms with E-state index in [0.717, 1.165) is 13.1 Å². The van der Waals surface area contributed by atoms with E-state index in [-0.39, 0.29) is 11.3 Å². The third-order valence-electron chi connectivity index (χ3n) is 3.95. The second kappa shape index (κ2) is 11.5. The van der Waals surface area contributed by atoms with Gasteiger partial charge in [-0.1, -0.05) is 0 Å². The van der Waals surface area contributed by atoms with Crippen LogP contribution in [0.2, 0.25) is 0 Å². The first-order valence-electron chi connectivity index (χ1n) is 9.72. The number of rotatable bonds is 10. The number of aromatic hydroxyl groups is 1. The fraction of sp³-hybridized carbons (Fsp3) is 0.474. The molecule has 170 valence electrons. The molecule has 0 saturated heterocycles. The third-order valence-corrected chi connectivity index (χ3v) is 3.95. The largest absolute Gasteiger partial charge is 0.507 e. The summed E-state index contributed by atoms with van der Waals surface area (Å²) in [5.74, 6) is -1.31. The van der Waals surface area contributed by atoms with Crippen LogP contribution in [0.3, 0.4) is 0 Å². The first kappa shape index (κ1) is 23.6. The third kappa shape index (κ3) is 7.91. The van der Waals surface area contributed by atoms with E-state index in [4.69, 9.17) is 9.47 Å². The molecule has 1 aromatic carbocycles. The number of amides is 2. The number of nitrogens with one attached hydrogen (secondary N) is 4. The Morgan fingerprint density at radius 2 is 2.06 bits per heavy atom. The van der Waals surface area contributed by atoms with Crippen molar-refractivity contribution in [3.05, 3.63) is 23.8 Å². The molecule has 2 amide bonds. The second-order valence-corrected chi connectivity index (χ2v) is 6.81. The van der Waals surface area contributed by atoms with Crippen LogP contribution in [0.15, 0.2) is 23.2 Å². The van der Waals surface area contributed by atoms with Crippen molar-refractivity contribution in [1.82, 2.24) is 21.3 Å². The number of hydrogen-bond donors (Lipinski definition) is 6. The molecule has 12 heteroatoms. The lowest BCUT2D eigenvalue weighted by molar-refractivity contribution is -0.139. The molecule has 1 aromatic rings. The minimum absolute atomic E-state index is 0.0659. The summed E-state index contributed by atoms with van der Waals surface area (Å²) in [7, 11) is 0. The molecule has 31 heavy (non-hydrogen) atoms. The van der Waals surface area contributed by atoms with Gasteiger partial charge in [-0.3, -0.25) is 9.79 Å². The summed E-state index contributed by atoms with van der Waals surface area (Å²) >= 11 is 0. The van der Waals surface area contributed by atoms with Crippen LogP contribution in [0, 0.1) is 0 Å². The quantitative estimate of drug-likeness (QED) is 0.267. The highest BCUT2D eigenvalue weighted by atomic mass is 16.6. The van der Waals surface area contributed by atoms with Crippen LogP contribution in [-0.4, -0.2) is 79.1 Å². The summed E-state index contributed by atoms with van der Waals surface area (Å²) in [6.07, 6.45) is -1.34. The SMILES string of the molecule is CC(C)OC(=O)N[C@@H](CNC(=O)c1ccc(OCCNC2=NCCN2)cc1O)C(=O)O.